The second-order valence-electron chi connectivity index (χ2n) is 6.85. The molecule has 26 heavy (non-hydrogen) atoms. The van der Waals surface area contributed by atoms with E-state index in [1.54, 1.807) is 0 Å². The van der Waals surface area contributed by atoms with Crippen LogP contribution < -0.4 is 4.90 Å². The van der Waals surface area contributed by atoms with E-state index < -0.39 is 0 Å². The number of carbonyl (C=O) groups is 1. The smallest absolute Gasteiger partial charge is 0.190 e. The van der Waals surface area contributed by atoms with Crippen molar-refractivity contribution in [1.29, 1.82) is 0 Å². The summed E-state index contributed by atoms with van der Waals surface area (Å²) in [6.45, 7) is 0. The number of nitrogens with zero attached hydrogens (tertiary/aromatic N) is 1. The summed E-state index contributed by atoms with van der Waals surface area (Å²) in [7, 11) is 4.05. The Labute approximate surface area is 154 Å². The average Bonchev–Trinajstić information content (AvgIpc) is 2.95. The zero-order valence-corrected chi connectivity index (χ0v) is 15.0. The van der Waals surface area contributed by atoms with Gasteiger partial charge in [0.2, 0.25) is 0 Å². The summed E-state index contributed by atoms with van der Waals surface area (Å²) >= 11 is 0. The molecule has 1 aliphatic carbocycles. The van der Waals surface area contributed by atoms with Gasteiger partial charge in [-0.15, -0.1) is 0 Å². The zero-order chi connectivity index (χ0) is 18.1. The molecule has 0 aromatic heterocycles. The van der Waals surface area contributed by atoms with Crippen molar-refractivity contribution in [2.45, 2.75) is 5.92 Å². The van der Waals surface area contributed by atoms with Crippen LogP contribution in [-0.2, 0) is 0 Å². The first-order chi connectivity index (χ1) is 12.6. The number of anilines is 1. The highest BCUT2D eigenvalue weighted by Gasteiger charge is 2.35. The van der Waals surface area contributed by atoms with Gasteiger partial charge < -0.3 is 4.90 Å². The van der Waals surface area contributed by atoms with Crippen LogP contribution in [0.25, 0.3) is 6.08 Å². The maximum atomic E-state index is 13.1. The van der Waals surface area contributed by atoms with Crippen LogP contribution in [0.5, 0.6) is 0 Å². The van der Waals surface area contributed by atoms with Crippen molar-refractivity contribution in [1.82, 2.24) is 0 Å². The van der Waals surface area contributed by atoms with Gasteiger partial charge in [0.1, 0.15) is 0 Å². The molecule has 0 amide bonds. The first-order valence-corrected chi connectivity index (χ1v) is 8.82. The number of rotatable bonds is 3. The molecule has 0 bridgehead atoms. The van der Waals surface area contributed by atoms with Crippen molar-refractivity contribution in [3.8, 4) is 0 Å². The van der Waals surface area contributed by atoms with Crippen LogP contribution in [0.3, 0.4) is 0 Å². The van der Waals surface area contributed by atoms with Crippen molar-refractivity contribution < 1.29 is 4.79 Å². The number of benzene rings is 3. The predicted octanol–water partition coefficient (Wildman–Crippen LogP) is 5.16. The first-order valence-electron chi connectivity index (χ1n) is 8.82. The van der Waals surface area contributed by atoms with Crippen LogP contribution in [0.4, 0.5) is 5.69 Å². The minimum Gasteiger partial charge on any atom is -0.378 e. The van der Waals surface area contributed by atoms with Gasteiger partial charge in [0.15, 0.2) is 5.78 Å². The number of ketones is 1. The molecule has 0 saturated carbocycles. The fourth-order valence-electron chi connectivity index (χ4n) is 3.61. The van der Waals surface area contributed by atoms with E-state index in [-0.39, 0.29) is 11.7 Å². The normalized spacial score (nSPS) is 17.4. The van der Waals surface area contributed by atoms with E-state index in [1.807, 2.05) is 56.6 Å². The van der Waals surface area contributed by atoms with Crippen LogP contribution in [-0.4, -0.2) is 19.9 Å². The highest BCUT2D eigenvalue weighted by atomic mass is 16.1. The zero-order valence-electron chi connectivity index (χ0n) is 15.0. The van der Waals surface area contributed by atoms with E-state index in [9.17, 15) is 4.79 Å². The minimum absolute atomic E-state index is 0.00609. The van der Waals surface area contributed by atoms with Gasteiger partial charge in [-0.1, -0.05) is 66.7 Å². The van der Waals surface area contributed by atoms with Crippen molar-refractivity contribution >= 4 is 17.5 Å². The van der Waals surface area contributed by atoms with Gasteiger partial charge in [0.25, 0.3) is 0 Å². The molecule has 1 unspecified atom stereocenters. The van der Waals surface area contributed by atoms with E-state index in [2.05, 4.69) is 47.4 Å². The number of Topliss-reactive ketones (excluding diaryl/α,β-unsaturated/α-hetero) is 1. The van der Waals surface area contributed by atoms with Crippen molar-refractivity contribution in [2.24, 2.45) is 0 Å². The third-order valence-electron chi connectivity index (χ3n) is 4.95. The number of allylic oxidation sites excluding steroid dienone is 1. The van der Waals surface area contributed by atoms with Gasteiger partial charge in [-0.05, 0) is 34.9 Å². The lowest BCUT2D eigenvalue weighted by atomic mass is 9.89. The Morgan fingerprint density at radius 3 is 2.15 bits per heavy atom. The quantitative estimate of drug-likeness (QED) is 0.614. The summed E-state index contributed by atoms with van der Waals surface area (Å²) < 4.78 is 0. The third kappa shape index (κ3) is 2.84. The van der Waals surface area contributed by atoms with Crippen molar-refractivity contribution in [2.75, 3.05) is 19.0 Å². The maximum Gasteiger partial charge on any atom is 0.190 e. The fourth-order valence-corrected chi connectivity index (χ4v) is 3.61. The first kappa shape index (κ1) is 16.3. The maximum absolute atomic E-state index is 13.1. The van der Waals surface area contributed by atoms with Crippen LogP contribution in [0, 0.1) is 0 Å². The molecule has 4 rings (SSSR count). The summed E-state index contributed by atoms with van der Waals surface area (Å²) in [4.78, 5) is 15.2. The summed E-state index contributed by atoms with van der Waals surface area (Å²) in [6, 6.07) is 26.5. The Bertz CT molecular complexity index is 969. The second-order valence-corrected chi connectivity index (χ2v) is 6.85. The lowest BCUT2D eigenvalue weighted by Crippen LogP contribution is -2.08. The third-order valence-corrected chi connectivity index (χ3v) is 4.95. The van der Waals surface area contributed by atoms with Gasteiger partial charge in [0, 0.05) is 36.8 Å². The standard InChI is InChI=1S/C24H21NO/c1-25(2)19-14-12-17(13-15-19)16-22-23(18-8-4-3-5-9-18)20-10-6-7-11-21(20)24(22)26/h3-16,23H,1-2H3/b22-16-. The molecule has 3 aromatic carbocycles. The summed E-state index contributed by atoms with van der Waals surface area (Å²) in [5.41, 5.74) is 6.11. The average molecular weight is 339 g/mol. The molecule has 2 nitrogen and oxygen atoms in total. The van der Waals surface area contributed by atoms with Crippen LogP contribution >= 0.6 is 0 Å². The Morgan fingerprint density at radius 1 is 0.808 bits per heavy atom. The van der Waals surface area contributed by atoms with Crippen LogP contribution in [0.15, 0.2) is 84.4 Å². The number of hydrogen-bond acceptors (Lipinski definition) is 2. The van der Waals surface area contributed by atoms with Crippen molar-refractivity contribution in [3.05, 3.63) is 107 Å². The van der Waals surface area contributed by atoms with E-state index in [4.69, 9.17) is 0 Å². The molecular weight excluding hydrogens is 318 g/mol. The topological polar surface area (TPSA) is 20.3 Å². The van der Waals surface area contributed by atoms with Gasteiger partial charge in [-0.3, -0.25) is 4.79 Å². The molecule has 0 aliphatic heterocycles. The molecule has 0 heterocycles. The molecule has 2 heteroatoms. The highest BCUT2D eigenvalue weighted by molar-refractivity contribution is 6.17. The highest BCUT2D eigenvalue weighted by Crippen LogP contribution is 2.42. The number of fused-ring (bicyclic) bond motifs is 1. The van der Waals surface area contributed by atoms with Crippen LogP contribution in [0.2, 0.25) is 0 Å². The van der Waals surface area contributed by atoms with Crippen molar-refractivity contribution in [3.63, 3.8) is 0 Å². The minimum atomic E-state index is -0.00609. The molecule has 0 saturated heterocycles. The lowest BCUT2D eigenvalue weighted by molar-refractivity contribution is 0.103. The van der Waals surface area contributed by atoms with Gasteiger partial charge in [0.05, 0.1) is 0 Å². The number of hydrogen-bond donors (Lipinski definition) is 0. The molecular formula is C24H21NO. The fraction of sp³-hybridized carbons (Fsp3) is 0.125. The molecule has 1 aliphatic rings. The van der Waals surface area contributed by atoms with Gasteiger partial charge in [-0.2, -0.15) is 0 Å². The van der Waals surface area contributed by atoms with E-state index >= 15 is 0 Å². The summed E-state index contributed by atoms with van der Waals surface area (Å²) in [5.74, 6) is 0.125. The number of carbonyl (C=O) groups excluding carboxylic acids is 1. The molecule has 0 spiro atoms. The van der Waals surface area contributed by atoms with Gasteiger partial charge >= 0.3 is 0 Å². The van der Waals surface area contributed by atoms with E-state index in [0.29, 0.717) is 0 Å². The Morgan fingerprint density at radius 2 is 1.46 bits per heavy atom. The Hall–Kier alpha value is -3.13. The lowest BCUT2D eigenvalue weighted by Gasteiger charge is -2.14. The van der Waals surface area contributed by atoms with E-state index in [0.717, 1.165) is 33.5 Å². The molecule has 0 radical (unpaired) electrons. The van der Waals surface area contributed by atoms with E-state index in [1.165, 1.54) is 0 Å². The monoisotopic (exact) mass is 339 g/mol. The molecule has 0 N–H and O–H groups in total. The molecule has 1 atom stereocenters. The Kier molecular flexibility index (Phi) is 4.18. The Balaban J connectivity index is 1.82. The molecule has 0 fully saturated rings. The molecule has 3 aromatic rings. The molecule has 128 valence electrons. The van der Waals surface area contributed by atoms with Gasteiger partial charge in [-0.25, -0.2) is 0 Å². The summed E-state index contributed by atoms with van der Waals surface area (Å²) in [5, 5.41) is 0. The SMILES string of the molecule is CN(C)c1ccc(/C=C2\C(=O)c3ccccc3C2c2ccccc2)cc1. The van der Waals surface area contributed by atoms with Crippen LogP contribution in [0.1, 0.15) is 33.0 Å². The summed E-state index contributed by atoms with van der Waals surface area (Å²) in [6.07, 6.45) is 2.04. The second kappa shape index (κ2) is 6.64. The predicted molar refractivity (Wildman–Crippen MR) is 108 cm³/mol. The largest absolute Gasteiger partial charge is 0.378 e.